The van der Waals surface area contributed by atoms with E-state index in [1.807, 2.05) is 42.5 Å². The maximum atomic E-state index is 12.2. The molecule has 0 saturated heterocycles. The van der Waals surface area contributed by atoms with E-state index >= 15 is 0 Å². The molecule has 1 amide bonds. The number of ether oxygens (including phenoxy) is 1. The number of carbonyl (C=O) groups excluding carboxylic acids is 2. The molecule has 0 heterocycles. The van der Waals surface area contributed by atoms with Gasteiger partial charge in [-0.2, -0.15) is 0 Å². The van der Waals surface area contributed by atoms with Gasteiger partial charge in [0.15, 0.2) is 6.10 Å². The van der Waals surface area contributed by atoms with Crippen molar-refractivity contribution in [1.82, 2.24) is 0 Å². The zero-order valence-corrected chi connectivity index (χ0v) is 16.5. The molecule has 4 nitrogen and oxygen atoms in total. The Morgan fingerprint density at radius 2 is 1.79 bits per heavy atom. The van der Waals surface area contributed by atoms with Gasteiger partial charge in [-0.1, -0.05) is 65.7 Å². The molecular weight excluding hydrogens is 397 g/mol. The number of fused-ring (bicyclic) bond motifs is 1. The lowest BCUT2D eigenvalue weighted by atomic mass is 10.0. The third kappa shape index (κ3) is 4.91. The van der Waals surface area contributed by atoms with Crippen LogP contribution in [0.5, 0.6) is 0 Å². The van der Waals surface area contributed by atoms with Crippen LogP contribution in [0.3, 0.4) is 0 Å². The molecule has 0 saturated carbocycles. The highest BCUT2D eigenvalue weighted by Gasteiger charge is 2.18. The number of amides is 1. The van der Waals surface area contributed by atoms with Crippen molar-refractivity contribution in [2.45, 2.75) is 13.0 Å². The number of carbonyl (C=O) groups is 2. The highest BCUT2D eigenvalue weighted by molar-refractivity contribution is 6.35. The van der Waals surface area contributed by atoms with Crippen LogP contribution in [0.4, 0.5) is 5.69 Å². The summed E-state index contributed by atoms with van der Waals surface area (Å²) in [5.74, 6) is -1.12. The maximum absolute atomic E-state index is 12.2. The van der Waals surface area contributed by atoms with Crippen molar-refractivity contribution in [2.24, 2.45) is 0 Å². The van der Waals surface area contributed by atoms with Crippen LogP contribution >= 0.6 is 23.2 Å². The van der Waals surface area contributed by atoms with Gasteiger partial charge in [0.2, 0.25) is 0 Å². The van der Waals surface area contributed by atoms with Crippen LogP contribution in [-0.2, 0) is 14.3 Å². The minimum atomic E-state index is -1.00. The van der Waals surface area contributed by atoms with Crippen molar-refractivity contribution in [3.05, 3.63) is 82.3 Å². The molecule has 0 aliphatic carbocycles. The van der Waals surface area contributed by atoms with Gasteiger partial charge < -0.3 is 10.1 Å². The monoisotopic (exact) mass is 413 g/mol. The summed E-state index contributed by atoms with van der Waals surface area (Å²) in [4.78, 5) is 24.4. The van der Waals surface area contributed by atoms with Crippen molar-refractivity contribution < 1.29 is 14.3 Å². The van der Waals surface area contributed by atoms with Crippen LogP contribution in [0.15, 0.2) is 66.7 Å². The molecular formula is C22H17Cl2NO3. The molecule has 142 valence electrons. The summed E-state index contributed by atoms with van der Waals surface area (Å²) in [6, 6.07) is 18.4. The van der Waals surface area contributed by atoms with E-state index in [0.717, 1.165) is 16.3 Å². The molecule has 0 aromatic heterocycles. The van der Waals surface area contributed by atoms with Crippen molar-refractivity contribution in [1.29, 1.82) is 0 Å². The SMILES string of the molecule is C[C@@H](OC(=O)/C=C/c1cccc2ccccc12)C(=O)Nc1cc(Cl)ccc1Cl. The number of hydrogen-bond donors (Lipinski definition) is 1. The van der Waals surface area contributed by atoms with Gasteiger partial charge in [0.05, 0.1) is 10.7 Å². The molecule has 0 aliphatic rings. The first kappa shape index (κ1) is 19.9. The third-order valence-electron chi connectivity index (χ3n) is 4.07. The van der Waals surface area contributed by atoms with Gasteiger partial charge in [-0.3, -0.25) is 4.79 Å². The van der Waals surface area contributed by atoms with E-state index < -0.39 is 18.0 Å². The van der Waals surface area contributed by atoms with Gasteiger partial charge in [0, 0.05) is 11.1 Å². The summed E-state index contributed by atoms with van der Waals surface area (Å²) >= 11 is 11.9. The van der Waals surface area contributed by atoms with Crippen LogP contribution in [0.2, 0.25) is 10.0 Å². The van der Waals surface area contributed by atoms with Crippen LogP contribution in [0.1, 0.15) is 12.5 Å². The lowest BCUT2D eigenvalue weighted by Crippen LogP contribution is -2.29. The maximum Gasteiger partial charge on any atom is 0.331 e. The van der Waals surface area contributed by atoms with Crippen molar-refractivity contribution in [2.75, 3.05) is 5.32 Å². The zero-order valence-electron chi connectivity index (χ0n) is 15.0. The van der Waals surface area contributed by atoms with Crippen LogP contribution in [0.25, 0.3) is 16.8 Å². The second kappa shape index (κ2) is 8.91. The molecule has 0 fully saturated rings. The van der Waals surface area contributed by atoms with Gasteiger partial charge in [0.1, 0.15) is 0 Å². The number of esters is 1. The topological polar surface area (TPSA) is 55.4 Å². The molecule has 0 aliphatic heterocycles. The molecule has 0 radical (unpaired) electrons. The predicted octanol–water partition coefficient (Wildman–Crippen LogP) is 5.73. The fourth-order valence-electron chi connectivity index (χ4n) is 2.65. The summed E-state index contributed by atoms with van der Waals surface area (Å²) < 4.78 is 5.17. The largest absolute Gasteiger partial charge is 0.449 e. The van der Waals surface area contributed by atoms with E-state index in [1.165, 1.54) is 19.1 Å². The molecule has 1 atom stereocenters. The van der Waals surface area contributed by atoms with Crippen LogP contribution in [-0.4, -0.2) is 18.0 Å². The minimum Gasteiger partial charge on any atom is -0.449 e. The molecule has 1 N–H and O–H groups in total. The fourth-order valence-corrected chi connectivity index (χ4v) is 2.99. The van der Waals surface area contributed by atoms with Gasteiger partial charge >= 0.3 is 5.97 Å². The van der Waals surface area contributed by atoms with E-state index in [4.69, 9.17) is 27.9 Å². The molecule has 3 aromatic rings. The van der Waals surface area contributed by atoms with E-state index in [-0.39, 0.29) is 0 Å². The van der Waals surface area contributed by atoms with Gasteiger partial charge in [-0.05, 0) is 47.5 Å². The number of anilines is 1. The molecule has 0 unspecified atom stereocenters. The minimum absolute atomic E-state index is 0.340. The number of rotatable bonds is 5. The predicted molar refractivity (Wildman–Crippen MR) is 114 cm³/mol. The van der Waals surface area contributed by atoms with Crippen molar-refractivity contribution >= 4 is 57.6 Å². The Hall–Kier alpha value is -2.82. The summed E-state index contributed by atoms with van der Waals surface area (Å²) in [7, 11) is 0. The third-order valence-corrected chi connectivity index (χ3v) is 4.64. The average Bonchev–Trinajstić information content (AvgIpc) is 2.69. The zero-order chi connectivity index (χ0) is 20.1. The molecule has 28 heavy (non-hydrogen) atoms. The first-order valence-electron chi connectivity index (χ1n) is 8.56. The van der Waals surface area contributed by atoms with Crippen LogP contribution in [0, 0.1) is 0 Å². The van der Waals surface area contributed by atoms with E-state index in [9.17, 15) is 9.59 Å². The number of benzene rings is 3. The summed E-state index contributed by atoms with van der Waals surface area (Å²) in [6.45, 7) is 1.48. The molecule has 3 rings (SSSR count). The lowest BCUT2D eigenvalue weighted by molar-refractivity contribution is -0.148. The van der Waals surface area contributed by atoms with Crippen molar-refractivity contribution in [3.63, 3.8) is 0 Å². The second-order valence-electron chi connectivity index (χ2n) is 6.09. The highest BCUT2D eigenvalue weighted by Crippen LogP contribution is 2.25. The van der Waals surface area contributed by atoms with E-state index in [2.05, 4.69) is 5.32 Å². The first-order chi connectivity index (χ1) is 13.4. The lowest BCUT2D eigenvalue weighted by Gasteiger charge is -2.13. The number of nitrogens with one attached hydrogen (secondary N) is 1. The Kier molecular flexibility index (Phi) is 6.34. The van der Waals surface area contributed by atoms with Crippen molar-refractivity contribution in [3.8, 4) is 0 Å². The Labute approximate surface area is 172 Å². The smallest absolute Gasteiger partial charge is 0.331 e. The highest BCUT2D eigenvalue weighted by atomic mass is 35.5. The van der Waals surface area contributed by atoms with Crippen LogP contribution < -0.4 is 5.32 Å². The summed E-state index contributed by atoms with van der Waals surface area (Å²) in [5.41, 5.74) is 1.24. The standard InChI is InChI=1S/C22H17Cl2NO3/c1-14(22(27)25-20-13-17(23)10-11-19(20)24)28-21(26)12-9-16-7-4-6-15-5-2-3-8-18(15)16/h2-14H,1H3,(H,25,27)/b12-9+/t14-/m1/s1. The summed E-state index contributed by atoms with van der Waals surface area (Å²) in [6.07, 6.45) is 1.97. The second-order valence-corrected chi connectivity index (χ2v) is 6.94. The molecule has 3 aromatic carbocycles. The first-order valence-corrected chi connectivity index (χ1v) is 9.32. The molecule has 0 bridgehead atoms. The van der Waals surface area contributed by atoms with Gasteiger partial charge in [-0.15, -0.1) is 0 Å². The number of halogens is 2. The molecule has 0 spiro atoms. The Morgan fingerprint density at radius 1 is 1.04 bits per heavy atom. The number of hydrogen-bond acceptors (Lipinski definition) is 3. The fraction of sp³-hybridized carbons (Fsp3) is 0.0909. The Morgan fingerprint density at radius 3 is 2.61 bits per heavy atom. The molecule has 6 heteroatoms. The average molecular weight is 414 g/mol. The Bertz CT molecular complexity index is 1060. The quantitative estimate of drug-likeness (QED) is 0.429. The van der Waals surface area contributed by atoms with E-state index in [1.54, 1.807) is 18.2 Å². The van der Waals surface area contributed by atoms with Gasteiger partial charge in [0.25, 0.3) is 5.91 Å². The summed E-state index contributed by atoms with van der Waals surface area (Å²) in [5, 5.41) is 5.47. The van der Waals surface area contributed by atoms with E-state index in [0.29, 0.717) is 15.7 Å². The van der Waals surface area contributed by atoms with Gasteiger partial charge in [-0.25, -0.2) is 4.79 Å². The normalized spacial score (nSPS) is 12.1. The Balaban J connectivity index is 1.64.